The molecule has 0 amide bonds. The van der Waals surface area contributed by atoms with E-state index in [0.29, 0.717) is 6.79 Å². The molecule has 0 fully saturated rings. The Balaban J connectivity index is 2.03. The van der Waals surface area contributed by atoms with Crippen LogP contribution in [0, 0.1) is 0 Å². The molecule has 1 aliphatic heterocycles. The highest BCUT2D eigenvalue weighted by atomic mass is 79.9. The molecule has 0 aromatic heterocycles. The van der Waals surface area contributed by atoms with Gasteiger partial charge in [-0.1, -0.05) is 34.1 Å². The van der Waals surface area contributed by atoms with Crippen molar-refractivity contribution in [1.82, 2.24) is 0 Å². The summed E-state index contributed by atoms with van der Waals surface area (Å²) in [6.07, 6.45) is 0. The van der Waals surface area contributed by atoms with Gasteiger partial charge in [-0.3, -0.25) is 0 Å². The van der Waals surface area contributed by atoms with Crippen molar-refractivity contribution >= 4 is 15.9 Å². The van der Waals surface area contributed by atoms with Gasteiger partial charge < -0.3 is 9.47 Å². The van der Waals surface area contributed by atoms with E-state index < -0.39 is 0 Å². The molecule has 3 rings (SSSR count). The van der Waals surface area contributed by atoms with Crippen molar-refractivity contribution in [2.24, 2.45) is 0 Å². The number of rotatable bonds is 1. The molecule has 2 aromatic carbocycles. The van der Waals surface area contributed by atoms with Crippen LogP contribution < -0.4 is 9.47 Å². The van der Waals surface area contributed by atoms with E-state index in [9.17, 15) is 0 Å². The molecule has 0 aliphatic carbocycles. The molecule has 3 heteroatoms. The Labute approximate surface area is 102 Å². The van der Waals surface area contributed by atoms with Crippen LogP contribution in [0.15, 0.2) is 46.9 Å². The van der Waals surface area contributed by atoms with E-state index in [0.717, 1.165) is 21.5 Å². The number of hydrogen-bond donors (Lipinski definition) is 0. The summed E-state index contributed by atoms with van der Waals surface area (Å²) in [5, 5.41) is 0. The van der Waals surface area contributed by atoms with E-state index >= 15 is 0 Å². The highest BCUT2D eigenvalue weighted by Crippen LogP contribution is 2.35. The Morgan fingerprint density at radius 3 is 2.31 bits per heavy atom. The highest BCUT2D eigenvalue weighted by molar-refractivity contribution is 9.10. The van der Waals surface area contributed by atoms with Crippen molar-refractivity contribution < 1.29 is 9.47 Å². The van der Waals surface area contributed by atoms with Crippen LogP contribution in [0.3, 0.4) is 0 Å². The highest BCUT2D eigenvalue weighted by Gasteiger charge is 2.13. The van der Waals surface area contributed by atoms with Crippen molar-refractivity contribution in [3.05, 3.63) is 46.9 Å². The molecule has 0 N–H and O–H groups in total. The smallest absolute Gasteiger partial charge is 0.231 e. The molecule has 0 saturated heterocycles. The number of benzene rings is 2. The van der Waals surface area contributed by atoms with E-state index in [1.165, 1.54) is 5.56 Å². The van der Waals surface area contributed by atoms with Crippen LogP contribution >= 0.6 is 15.9 Å². The second-order valence-electron chi connectivity index (χ2n) is 3.57. The number of hydrogen-bond acceptors (Lipinski definition) is 2. The van der Waals surface area contributed by atoms with Gasteiger partial charge in [0.1, 0.15) is 0 Å². The molecule has 0 spiro atoms. The molecule has 1 aliphatic rings. The summed E-state index contributed by atoms with van der Waals surface area (Å²) in [6.45, 7) is 0.319. The second-order valence-corrected chi connectivity index (χ2v) is 4.49. The normalized spacial score (nSPS) is 12.8. The van der Waals surface area contributed by atoms with Crippen LogP contribution in [-0.2, 0) is 0 Å². The van der Waals surface area contributed by atoms with Crippen molar-refractivity contribution in [2.45, 2.75) is 0 Å². The molecule has 2 aromatic rings. The van der Waals surface area contributed by atoms with Crippen LogP contribution in [0.5, 0.6) is 11.5 Å². The molecule has 0 atom stereocenters. The van der Waals surface area contributed by atoms with Gasteiger partial charge in [0, 0.05) is 4.47 Å². The Bertz CT molecular complexity index is 520. The molecule has 80 valence electrons. The summed E-state index contributed by atoms with van der Waals surface area (Å²) >= 11 is 3.42. The molecule has 16 heavy (non-hydrogen) atoms. The van der Waals surface area contributed by atoms with Crippen LogP contribution in [0.4, 0.5) is 0 Å². The van der Waals surface area contributed by atoms with Gasteiger partial charge >= 0.3 is 0 Å². The second kappa shape index (κ2) is 3.83. The zero-order valence-electron chi connectivity index (χ0n) is 8.44. The third-order valence-corrected chi connectivity index (χ3v) is 3.08. The summed E-state index contributed by atoms with van der Waals surface area (Å²) in [4.78, 5) is 0. The third kappa shape index (κ3) is 1.67. The fraction of sp³-hybridized carbons (Fsp3) is 0.0769. The van der Waals surface area contributed by atoms with Gasteiger partial charge in [0.2, 0.25) is 6.79 Å². The lowest BCUT2D eigenvalue weighted by atomic mass is 10.1. The number of ether oxygens (including phenoxy) is 2. The van der Waals surface area contributed by atoms with Gasteiger partial charge in [0.15, 0.2) is 11.5 Å². The van der Waals surface area contributed by atoms with Crippen molar-refractivity contribution in [3.63, 3.8) is 0 Å². The van der Waals surface area contributed by atoms with Gasteiger partial charge in [0.05, 0.1) is 0 Å². The van der Waals surface area contributed by atoms with Crippen molar-refractivity contribution in [1.29, 1.82) is 0 Å². The molecule has 0 unspecified atom stereocenters. The Hall–Kier alpha value is -1.48. The fourth-order valence-electron chi connectivity index (χ4n) is 1.72. The maximum absolute atomic E-state index is 5.35. The topological polar surface area (TPSA) is 18.5 Å². The lowest BCUT2D eigenvalue weighted by Crippen LogP contribution is -1.92. The molecule has 1 heterocycles. The monoisotopic (exact) mass is 276 g/mol. The first kappa shape index (κ1) is 9.73. The van der Waals surface area contributed by atoms with Gasteiger partial charge in [-0.25, -0.2) is 0 Å². The first-order chi connectivity index (χ1) is 7.83. The number of fused-ring (bicyclic) bond motifs is 1. The summed E-state index contributed by atoms with van der Waals surface area (Å²) in [6, 6.07) is 14.2. The summed E-state index contributed by atoms with van der Waals surface area (Å²) < 4.78 is 11.7. The van der Waals surface area contributed by atoms with E-state index in [4.69, 9.17) is 9.47 Å². The quantitative estimate of drug-likeness (QED) is 0.788. The third-order valence-electron chi connectivity index (χ3n) is 2.55. The summed E-state index contributed by atoms with van der Waals surface area (Å²) in [5.41, 5.74) is 2.30. The van der Waals surface area contributed by atoms with Gasteiger partial charge in [-0.15, -0.1) is 0 Å². The molecule has 0 bridgehead atoms. The van der Waals surface area contributed by atoms with E-state index in [1.54, 1.807) is 0 Å². The molecule has 0 radical (unpaired) electrons. The van der Waals surface area contributed by atoms with Crippen LogP contribution in [0.1, 0.15) is 0 Å². The minimum Gasteiger partial charge on any atom is -0.454 e. The Morgan fingerprint density at radius 2 is 1.50 bits per heavy atom. The zero-order chi connectivity index (χ0) is 11.0. The van der Waals surface area contributed by atoms with Crippen molar-refractivity contribution in [3.8, 4) is 22.6 Å². The lowest BCUT2D eigenvalue weighted by molar-refractivity contribution is 0.174. The first-order valence-corrected chi connectivity index (χ1v) is 5.78. The standard InChI is InChI=1S/C13H9BrO2/c14-11-4-1-9(2-5-11)10-3-6-12-13(7-10)16-8-15-12/h1-7H,8H2. The SMILES string of the molecule is Brc1ccc(-c2ccc3c(c2)OCO3)cc1. The van der Waals surface area contributed by atoms with Gasteiger partial charge in [-0.2, -0.15) is 0 Å². The van der Waals surface area contributed by atoms with Gasteiger partial charge in [0.25, 0.3) is 0 Å². The van der Waals surface area contributed by atoms with Gasteiger partial charge in [-0.05, 0) is 35.4 Å². The van der Waals surface area contributed by atoms with Crippen molar-refractivity contribution in [2.75, 3.05) is 6.79 Å². The molecular weight excluding hydrogens is 268 g/mol. The average Bonchev–Trinajstić information content (AvgIpc) is 2.77. The molecule has 0 saturated carbocycles. The van der Waals surface area contributed by atoms with Crippen LogP contribution in [-0.4, -0.2) is 6.79 Å². The Kier molecular flexibility index (Phi) is 2.33. The zero-order valence-corrected chi connectivity index (χ0v) is 10.0. The number of halogens is 1. The maximum Gasteiger partial charge on any atom is 0.231 e. The van der Waals surface area contributed by atoms with E-state index in [2.05, 4.69) is 28.1 Å². The predicted molar refractivity (Wildman–Crippen MR) is 65.7 cm³/mol. The van der Waals surface area contributed by atoms with Crippen LogP contribution in [0.25, 0.3) is 11.1 Å². The Morgan fingerprint density at radius 1 is 0.812 bits per heavy atom. The largest absolute Gasteiger partial charge is 0.454 e. The minimum atomic E-state index is 0.319. The first-order valence-electron chi connectivity index (χ1n) is 4.98. The maximum atomic E-state index is 5.35. The molecule has 2 nitrogen and oxygen atoms in total. The summed E-state index contributed by atoms with van der Waals surface area (Å²) in [5.74, 6) is 1.64. The van der Waals surface area contributed by atoms with E-state index in [-0.39, 0.29) is 0 Å². The van der Waals surface area contributed by atoms with E-state index in [1.807, 2.05) is 30.3 Å². The average molecular weight is 277 g/mol. The summed E-state index contributed by atoms with van der Waals surface area (Å²) in [7, 11) is 0. The lowest BCUT2D eigenvalue weighted by Gasteiger charge is -2.03. The predicted octanol–water partition coefficient (Wildman–Crippen LogP) is 3.84. The molecular formula is C13H9BrO2. The minimum absolute atomic E-state index is 0.319. The fourth-order valence-corrected chi connectivity index (χ4v) is 1.98. The van der Waals surface area contributed by atoms with Crippen LogP contribution in [0.2, 0.25) is 0 Å².